The molecule has 3 rings (SSSR count). The zero-order valence-corrected chi connectivity index (χ0v) is 16.6. The van der Waals surface area contributed by atoms with Crippen molar-refractivity contribution in [1.29, 1.82) is 0 Å². The highest BCUT2D eigenvalue weighted by molar-refractivity contribution is 5.43. The second kappa shape index (κ2) is 10.3. The standard InChI is InChI=1S/C23H32N2O2/c1-3-25-14-8-11-21(25)17-24-16-20-12-13-22(23(15-20)26-4-2)27-18-19-9-6-5-7-10-19/h5-7,9-10,12-13,15,21,24H,3-4,8,11,14,16-18H2,1-2H3. The fraction of sp³-hybridized carbons (Fsp3) is 0.478. The van der Waals surface area contributed by atoms with Crippen LogP contribution in [0, 0.1) is 0 Å². The summed E-state index contributed by atoms with van der Waals surface area (Å²) < 4.78 is 11.8. The number of likely N-dealkylation sites (N-methyl/N-ethyl adjacent to an activating group) is 1. The number of nitrogens with one attached hydrogen (secondary N) is 1. The van der Waals surface area contributed by atoms with Crippen LogP contribution in [0.15, 0.2) is 48.5 Å². The summed E-state index contributed by atoms with van der Waals surface area (Å²) in [6.45, 7) is 9.72. The van der Waals surface area contributed by atoms with E-state index >= 15 is 0 Å². The SMILES string of the molecule is CCOc1cc(CNCC2CCCN2CC)ccc1OCc1ccccc1. The molecule has 4 nitrogen and oxygen atoms in total. The second-order valence-corrected chi connectivity index (χ2v) is 7.04. The molecule has 1 atom stereocenters. The molecule has 4 heteroatoms. The maximum Gasteiger partial charge on any atom is 0.161 e. The molecular weight excluding hydrogens is 336 g/mol. The van der Waals surface area contributed by atoms with Crippen LogP contribution in [0.25, 0.3) is 0 Å². The Bertz CT molecular complexity index is 690. The van der Waals surface area contributed by atoms with Crippen molar-refractivity contribution in [2.45, 2.75) is 45.9 Å². The molecule has 2 aromatic rings. The normalized spacial score (nSPS) is 17.2. The fourth-order valence-corrected chi connectivity index (χ4v) is 3.71. The number of hydrogen-bond acceptors (Lipinski definition) is 4. The summed E-state index contributed by atoms with van der Waals surface area (Å²) >= 11 is 0. The number of rotatable bonds is 10. The van der Waals surface area contributed by atoms with Gasteiger partial charge in [-0.25, -0.2) is 0 Å². The van der Waals surface area contributed by atoms with Gasteiger partial charge in [0.2, 0.25) is 0 Å². The molecule has 0 radical (unpaired) electrons. The highest BCUT2D eigenvalue weighted by atomic mass is 16.5. The number of benzene rings is 2. The van der Waals surface area contributed by atoms with E-state index in [1.807, 2.05) is 31.2 Å². The summed E-state index contributed by atoms with van der Waals surface area (Å²) in [5.41, 5.74) is 2.38. The van der Waals surface area contributed by atoms with E-state index in [-0.39, 0.29) is 0 Å². The number of likely N-dealkylation sites (tertiary alicyclic amines) is 1. The Labute approximate surface area is 163 Å². The average Bonchev–Trinajstić information content (AvgIpc) is 3.16. The van der Waals surface area contributed by atoms with E-state index in [1.54, 1.807) is 0 Å². The van der Waals surface area contributed by atoms with Crippen LogP contribution in [0.1, 0.15) is 37.8 Å². The van der Waals surface area contributed by atoms with Crippen LogP contribution < -0.4 is 14.8 Å². The van der Waals surface area contributed by atoms with Gasteiger partial charge in [-0.2, -0.15) is 0 Å². The van der Waals surface area contributed by atoms with Gasteiger partial charge in [0.1, 0.15) is 6.61 Å². The van der Waals surface area contributed by atoms with Crippen molar-refractivity contribution < 1.29 is 9.47 Å². The van der Waals surface area contributed by atoms with Crippen LogP contribution in [-0.4, -0.2) is 37.2 Å². The third-order valence-electron chi connectivity index (χ3n) is 5.16. The van der Waals surface area contributed by atoms with E-state index in [2.05, 4.69) is 41.4 Å². The van der Waals surface area contributed by atoms with Gasteiger partial charge < -0.3 is 14.8 Å². The van der Waals surface area contributed by atoms with Gasteiger partial charge in [-0.05, 0) is 56.1 Å². The molecule has 0 aromatic heterocycles. The number of nitrogens with zero attached hydrogens (tertiary/aromatic N) is 1. The first kappa shape index (κ1) is 19.7. The van der Waals surface area contributed by atoms with Crippen LogP contribution in [0.3, 0.4) is 0 Å². The topological polar surface area (TPSA) is 33.7 Å². The monoisotopic (exact) mass is 368 g/mol. The van der Waals surface area contributed by atoms with Gasteiger partial charge in [-0.3, -0.25) is 4.90 Å². The minimum Gasteiger partial charge on any atom is -0.490 e. The van der Waals surface area contributed by atoms with Crippen LogP contribution >= 0.6 is 0 Å². The van der Waals surface area contributed by atoms with E-state index in [0.717, 1.165) is 36.7 Å². The van der Waals surface area contributed by atoms with Gasteiger partial charge in [-0.1, -0.05) is 43.3 Å². The predicted molar refractivity (Wildman–Crippen MR) is 110 cm³/mol. The first-order chi connectivity index (χ1) is 13.3. The van der Waals surface area contributed by atoms with E-state index in [9.17, 15) is 0 Å². The highest BCUT2D eigenvalue weighted by Crippen LogP contribution is 2.29. The van der Waals surface area contributed by atoms with Crippen molar-refractivity contribution in [1.82, 2.24) is 10.2 Å². The average molecular weight is 369 g/mol. The zero-order chi connectivity index (χ0) is 18.9. The molecule has 0 spiro atoms. The van der Waals surface area contributed by atoms with Crippen molar-refractivity contribution >= 4 is 0 Å². The summed E-state index contributed by atoms with van der Waals surface area (Å²) in [6.07, 6.45) is 2.62. The lowest BCUT2D eigenvalue weighted by Crippen LogP contribution is -2.37. The van der Waals surface area contributed by atoms with E-state index in [4.69, 9.17) is 9.47 Å². The highest BCUT2D eigenvalue weighted by Gasteiger charge is 2.22. The maximum absolute atomic E-state index is 5.99. The Morgan fingerprint density at radius 1 is 1.00 bits per heavy atom. The number of hydrogen-bond donors (Lipinski definition) is 1. The maximum atomic E-state index is 5.99. The van der Waals surface area contributed by atoms with Crippen molar-refractivity contribution in [3.05, 3.63) is 59.7 Å². The van der Waals surface area contributed by atoms with Gasteiger partial charge >= 0.3 is 0 Å². The van der Waals surface area contributed by atoms with Gasteiger partial charge in [-0.15, -0.1) is 0 Å². The van der Waals surface area contributed by atoms with Crippen LogP contribution in [-0.2, 0) is 13.2 Å². The van der Waals surface area contributed by atoms with Gasteiger partial charge in [0.05, 0.1) is 6.61 Å². The first-order valence-electron chi connectivity index (χ1n) is 10.2. The van der Waals surface area contributed by atoms with E-state index in [0.29, 0.717) is 19.3 Å². The third kappa shape index (κ3) is 5.72. The molecule has 146 valence electrons. The second-order valence-electron chi connectivity index (χ2n) is 7.04. The van der Waals surface area contributed by atoms with Crippen molar-refractivity contribution in [3.8, 4) is 11.5 Å². The molecule has 1 heterocycles. The van der Waals surface area contributed by atoms with Gasteiger partial charge in [0.15, 0.2) is 11.5 Å². The number of ether oxygens (including phenoxy) is 2. The largest absolute Gasteiger partial charge is 0.490 e. The van der Waals surface area contributed by atoms with Crippen LogP contribution in [0.4, 0.5) is 0 Å². The van der Waals surface area contributed by atoms with Gasteiger partial charge in [0.25, 0.3) is 0 Å². The molecule has 0 aliphatic carbocycles. The molecule has 1 aliphatic heterocycles. The van der Waals surface area contributed by atoms with Crippen molar-refractivity contribution in [2.75, 3.05) is 26.2 Å². The van der Waals surface area contributed by atoms with Crippen molar-refractivity contribution in [2.24, 2.45) is 0 Å². The molecule has 27 heavy (non-hydrogen) atoms. The van der Waals surface area contributed by atoms with Gasteiger partial charge in [0, 0.05) is 19.1 Å². The smallest absolute Gasteiger partial charge is 0.161 e. The summed E-state index contributed by atoms with van der Waals surface area (Å²) in [5.74, 6) is 1.63. The molecular formula is C23H32N2O2. The summed E-state index contributed by atoms with van der Waals surface area (Å²) in [6, 6.07) is 17.1. The molecule has 1 fully saturated rings. The Balaban J connectivity index is 1.55. The molecule has 1 unspecified atom stereocenters. The molecule has 1 aliphatic rings. The summed E-state index contributed by atoms with van der Waals surface area (Å²) in [7, 11) is 0. The molecule has 2 aromatic carbocycles. The molecule has 1 N–H and O–H groups in total. The fourth-order valence-electron chi connectivity index (χ4n) is 3.71. The summed E-state index contributed by atoms with van der Waals surface area (Å²) in [4.78, 5) is 2.57. The van der Waals surface area contributed by atoms with Crippen molar-refractivity contribution in [3.63, 3.8) is 0 Å². The molecule has 0 amide bonds. The Kier molecular flexibility index (Phi) is 7.55. The van der Waals surface area contributed by atoms with Crippen LogP contribution in [0.2, 0.25) is 0 Å². The molecule has 0 saturated carbocycles. The quantitative estimate of drug-likeness (QED) is 0.680. The minimum absolute atomic E-state index is 0.549. The van der Waals surface area contributed by atoms with E-state index < -0.39 is 0 Å². The minimum atomic E-state index is 0.549. The Morgan fingerprint density at radius 3 is 2.63 bits per heavy atom. The summed E-state index contributed by atoms with van der Waals surface area (Å²) in [5, 5.41) is 3.62. The predicted octanol–water partition coefficient (Wildman–Crippen LogP) is 4.24. The Morgan fingerprint density at radius 2 is 1.85 bits per heavy atom. The lowest BCUT2D eigenvalue weighted by molar-refractivity contribution is 0.259. The first-order valence-corrected chi connectivity index (χ1v) is 10.2. The zero-order valence-electron chi connectivity index (χ0n) is 16.6. The molecule has 0 bridgehead atoms. The lowest BCUT2D eigenvalue weighted by atomic mass is 10.1. The third-order valence-corrected chi connectivity index (χ3v) is 5.16. The van der Waals surface area contributed by atoms with Crippen LogP contribution in [0.5, 0.6) is 11.5 Å². The molecule has 1 saturated heterocycles. The Hall–Kier alpha value is -2.04. The van der Waals surface area contributed by atoms with E-state index in [1.165, 1.54) is 24.9 Å². The lowest BCUT2D eigenvalue weighted by Gasteiger charge is -2.23.